The Morgan fingerprint density at radius 3 is 2.74 bits per heavy atom. The highest BCUT2D eigenvalue weighted by Gasteiger charge is 2.33. The van der Waals surface area contributed by atoms with Crippen LogP contribution in [0.2, 0.25) is 0 Å². The summed E-state index contributed by atoms with van der Waals surface area (Å²) in [5.74, 6) is 0.0536. The molecule has 2 aromatic carbocycles. The number of carboxylic acid groups (broad SMARTS) is 1. The van der Waals surface area contributed by atoms with E-state index in [4.69, 9.17) is 9.47 Å². The summed E-state index contributed by atoms with van der Waals surface area (Å²) in [6.07, 6.45) is 8.16. The summed E-state index contributed by atoms with van der Waals surface area (Å²) < 4.78 is 28.4. The maximum atomic E-state index is 15.0. The lowest BCUT2D eigenvalue weighted by Crippen LogP contribution is -2.14. The minimum absolute atomic E-state index is 0.0779. The number of carboxylic acids is 1. The molecule has 3 aromatic rings. The van der Waals surface area contributed by atoms with Crippen molar-refractivity contribution in [2.24, 2.45) is 5.41 Å². The number of allylic oxidation sites excluding steroid dienone is 2. The average Bonchev–Trinajstić information content (AvgIpc) is 3.51. The van der Waals surface area contributed by atoms with Gasteiger partial charge in [0.05, 0.1) is 24.9 Å². The number of hydrogen-bond acceptors (Lipinski definition) is 5. The number of carbonyl (C=O) groups is 1. The van der Waals surface area contributed by atoms with E-state index in [1.54, 1.807) is 41.9 Å². The van der Waals surface area contributed by atoms with Gasteiger partial charge in [0.2, 0.25) is 0 Å². The zero-order valence-electron chi connectivity index (χ0n) is 21.9. The van der Waals surface area contributed by atoms with E-state index >= 15 is 4.39 Å². The van der Waals surface area contributed by atoms with Crippen molar-refractivity contribution in [1.29, 1.82) is 0 Å². The standard InChI is InChI=1S/C30H33FN2O4S/c1-30(2)13-5-8-23(30)29-25(32-18-33(29)26-15-20(36-3)9-12-24(26)31)17-37-21-7-4-6-19(14-21)27(16-28(34)35)38-22-10-11-22/h4,6-9,12,14-15,18,22,27H,5,10-11,13,16-17H2,1-3H3,(H,34,35). The number of nitrogens with zero attached hydrogens (tertiary/aromatic N) is 2. The molecule has 1 aromatic heterocycles. The van der Waals surface area contributed by atoms with E-state index in [0.29, 0.717) is 28.1 Å². The average molecular weight is 537 g/mol. The smallest absolute Gasteiger partial charge is 0.304 e. The number of halogens is 1. The van der Waals surface area contributed by atoms with Gasteiger partial charge in [-0.15, -0.1) is 11.8 Å². The molecule has 0 radical (unpaired) electrons. The van der Waals surface area contributed by atoms with Crippen LogP contribution in [0.5, 0.6) is 11.5 Å². The van der Waals surface area contributed by atoms with Gasteiger partial charge in [0.15, 0.2) is 0 Å². The SMILES string of the molecule is COc1ccc(F)c(-n2cnc(COc3cccc(C(CC(=O)O)SC4CC4)c3)c2C2=CCCC2(C)C)c1. The number of rotatable bonds is 11. The van der Waals surface area contributed by atoms with Crippen molar-refractivity contribution in [2.45, 2.75) is 63.1 Å². The van der Waals surface area contributed by atoms with Gasteiger partial charge in [-0.05, 0) is 66.5 Å². The molecule has 5 rings (SSSR count). The van der Waals surface area contributed by atoms with Gasteiger partial charge in [0.25, 0.3) is 0 Å². The Kier molecular flexibility index (Phi) is 7.52. The quantitative estimate of drug-likeness (QED) is 0.279. The molecule has 1 heterocycles. The van der Waals surface area contributed by atoms with Crippen LogP contribution in [0.3, 0.4) is 0 Å². The summed E-state index contributed by atoms with van der Waals surface area (Å²) >= 11 is 1.73. The van der Waals surface area contributed by atoms with Gasteiger partial charge in [-0.1, -0.05) is 32.1 Å². The van der Waals surface area contributed by atoms with Gasteiger partial charge in [-0.3, -0.25) is 9.36 Å². The third-order valence-electron chi connectivity index (χ3n) is 7.20. The van der Waals surface area contributed by atoms with Crippen molar-refractivity contribution in [3.63, 3.8) is 0 Å². The number of imidazole rings is 1. The Morgan fingerprint density at radius 2 is 2.05 bits per heavy atom. The fourth-order valence-corrected chi connectivity index (χ4v) is 6.38. The molecule has 2 aliphatic carbocycles. The highest BCUT2D eigenvalue weighted by molar-refractivity contribution is 8.00. The molecule has 2 aliphatic rings. The third kappa shape index (κ3) is 5.75. The molecule has 200 valence electrons. The Balaban J connectivity index is 1.45. The van der Waals surface area contributed by atoms with Crippen LogP contribution in [0, 0.1) is 11.2 Å². The molecule has 0 spiro atoms. The van der Waals surface area contributed by atoms with Crippen LogP contribution in [-0.4, -0.2) is 33.0 Å². The topological polar surface area (TPSA) is 73.6 Å². The van der Waals surface area contributed by atoms with E-state index in [1.165, 1.54) is 6.07 Å². The molecule has 0 aliphatic heterocycles. The lowest BCUT2D eigenvalue weighted by Gasteiger charge is -2.25. The van der Waals surface area contributed by atoms with E-state index in [1.807, 2.05) is 24.3 Å². The Morgan fingerprint density at radius 1 is 1.24 bits per heavy atom. The molecule has 1 saturated carbocycles. The lowest BCUT2D eigenvalue weighted by molar-refractivity contribution is -0.137. The van der Waals surface area contributed by atoms with Gasteiger partial charge < -0.3 is 14.6 Å². The summed E-state index contributed by atoms with van der Waals surface area (Å²) in [5.41, 5.74) is 3.90. The lowest BCUT2D eigenvalue weighted by atomic mass is 9.83. The number of benzene rings is 2. The van der Waals surface area contributed by atoms with E-state index in [-0.39, 0.29) is 29.5 Å². The second-order valence-electron chi connectivity index (χ2n) is 10.6. The molecular weight excluding hydrogens is 503 g/mol. The van der Waals surface area contributed by atoms with Crippen molar-refractivity contribution in [1.82, 2.24) is 9.55 Å². The van der Waals surface area contributed by atoms with Gasteiger partial charge >= 0.3 is 5.97 Å². The molecule has 0 saturated heterocycles. The van der Waals surface area contributed by atoms with Crippen LogP contribution in [-0.2, 0) is 11.4 Å². The van der Waals surface area contributed by atoms with Crippen LogP contribution in [0.25, 0.3) is 11.3 Å². The zero-order chi connectivity index (χ0) is 26.9. The summed E-state index contributed by atoms with van der Waals surface area (Å²) in [4.78, 5) is 16.2. The van der Waals surface area contributed by atoms with Crippen molar-refractivity contribution in [3.8, 4) is 17.2 Å². The Bertz CT molecular complexity index is 1360. The number of methoxy groups -OCH3 is 1. The number of aliphatic carboxylic acids is 1. The molecule has 0 amide bonds. The summed E-state index contributed by atoms with van der Waals surface area (Å²) in [6.45, 7) is 4.59. The van der Waals surface area contributed by atoms with E-state index in [9.17, 15) is 9.90 Å². The molecule has 1 fully saturated rings. The number of aromatic nitrogens is 2. The first-order chi connectivity index (χ1) is 18.2. The summed E-state index contributed by atoms with van der Waals surface area (Å²) in [7, 11) is 1.56. The predicted octanol–water partition coefficient (Wildman–Crippen LogP) is 7.21. The number of thioether (sulfide) groups is 1. The van der Waals surface area contributed by atoms with Gasteiger partial charge in [-0.25, -0.2) is 9.37 Å². The largest absolute Gasteiger partial charge is 0.497 e. The first-order valence-corrected chi connectivity index (χ1v) is 13.9. The predicted molar refractivity (Wildman–Crippen MR) is 147 cm³/mol. The monoisotopic (exact) mass is 536 g/mol. The summed E-state index contributed by atoms with van der Waals surface area (Å²) in [5, 5.41) is 9.86. The van der Waals surface area contributed by atoms with Gasteiger partial charge in [0.1, 0.15) is 35.9 Å². The first-order valence-electron chi connectivity index (χ1n) is 13.0. The molecule has 38 heavy (non-hydrogen) atoms. The molecule has 0 bridgehead atoms. The molecule has 6 nitrogen and oxygen atoms in total. The van der Waals surface area contributed by atoms with Crippen molar-refractivity contribution < 1.29 is 23.8 Å². The van der Waals surface area contributed by atoms with Crippen molar-refractivity contribution in [2.75, 3.05) is 7.11 Å². The highest BCUT2D eigenvalue weighted by atomic mass is 32.2. The molecule has 1 atom stereocenters. The zero-order valence-corrected chi connectivity index (χ0v) is 22.8. The molecule has 1 unspecified atom stereocenters. The van der Waals surface area contributed by atoms with Crippen LogP contribution in [0.15, 0.2) is 54.9 Å². The molecule has 1 N–H and O–H groups in total. The molecular formula is C30H33FN2O4S. The van der Waals surface area contributed by atoms with Gasteiger partial charge in [0, 0.05) is 16.6 Å². The Labute approximate surface area is 226 Å². The van der Waals surface area contributed by atoms with E-state index in [0.717, 1.165) is 42.5 Å². The fraction of sp³-hybridized carbons (Fsp3) is 0.400. The highest BCUT2D eigenvalue weighted by Crippen LogP contribution is 2.47. The van der Waals surface area contributed by atoms with Crippen LogP contribution in [0.4, 0.5) is 4.39 Å². The summed E-state index contributed by atoms with van der Waals surface area (Å²) in [6, 6.07) is 12.4. The maximum absolute atomic E-state index is 15.0. The van der Waals surface area contributed by atoms with Crippen LogP contribution < -0.4 is 9.47 Å². The minimum Gasteiger partial charge on any atom is -0.497 e. The minimum atomic E-state index is -0.804. The van der Waals surface area contributed by atoms with Crippen molar-refractivity contribution in [3.05, 3.63) is 77.6 Å². The first kappa shape index (κ1) is 26.4. The van der Waals surface area contributed by atoms with Crippen LogP contribution in [0.1, 0.15) is 68.2 Å². The van der Waals surface area contributed by atoms with E-state index in [2.05, 4.69) is 24.9 Å². The van der Waals surface area contributed by atoms with Crippen molar-refractivity contribution >= 4 is 23.3 Å². The number of ether oxygens (including phenoxy) is 2. The van der Waals surface area contributed by atoms with Crippen LogP contribution >= 0.6 is 11.8 Å². The fourth-order valence-electron chi connectivity index (χ4n) is 4.96. The maximum Gasteiger partial charge on any atom is 0.304 e. The van der Waals surface area contributed by atoms with E-state index < -0.39 is 5.97 Å². The number of hydrogen-bond donors (Lipinski definition) is 1. The second-order valence-corrected chi connectivity index (χ2v) is 12.1. The van der Waals surface area contributed by atoms with Gasteiger partial charge in [-0.2, -0.15) is 0 Å². The second kappa shape index (κ2) is 10.8. The third-order valence-corrected chi connectivity index (χ3v) is 8.83. The molecule has 8 heteroatoms. The Hall–Kier alpha value is -3.26. The normalized spacial score (nSPS) is 17.2.